The van der Waals surface area contributed by atoms with Gasteiger partial charge >= 0.3 is 0 Å². The molecule has 0 unspecified atom stereocenters. The van der Waals surface area contributed by atoms with Crippen molar-refractivity contribution in [3.63, 3.8) is 0 Å². The van der Waals surface area contributed by atoms with Gasteiger partial charge in [0.2, 0.25) is 0 Å². The summed E-state index contributed by atoms with van der Waals surface area (Å²) in [6.07, 6.45) is 0. The lowest BCUT2D eigenvalue weighted by Gasteiger charge is -2.06. The lowest BCUT2D eigenvalue weighted by molar-refractivity contribution is 0.0998. The van der Waals surface area contributed by atoms with E-state index in [9.17, 15) is 9.59 Å². The first kappa shape index (κ1) is 18.7. The van der Waals surface area contributed by atoms with Crippen LogP contribution in [0, 0.1) is 27.7 Å². The van der Waals surface area contributed by atoms with Gasteiger partial charge in [-0.1, -0.05) is 18.2 Å². The van der Waals surface area contributed by atoms with Crippen molar-refractivity contribution in [1.29, 1.82) is 0 Å². The number of benzene rings is 2. The molecule has 0 fully saturated rings. The third-order valence-electron chi connectivity index (χ3n) is 4.88. The molecule has 0 saturated carbocycles. The zero-order chi connectivity index (χ0) is 20.7. The Labute approximate surface area is 167 Å². The van der Waals surface area contributed by atoms with Gasteiger partial charge < -0.3 is 14.7 Å². The Bertz CT molecular complexity index is 1300. The fraction of sp³-hybridized carbons (Fsp3) is 0.174. The summed E-state index contributed by atoms with van der Waals surface area (Å²) in [6.45, 7) is 7.65. The Morgan fingerprint density at radius 1 is 1.03 bits per heavy atom. The predicted molar refractivity (Wildman–Crippen MR) is 113 cm³/mol. The molecule has 146 valence electrons. The van der Waals surface area contributed by atoms with Gasteiger partial charge in [0.25, 0.3) is 11.5 Å². The van der Waals surface area contributed by atoms with Gasteiger partial charge in [-0.05, 0) is 57.0 Å². The van der Waals surface area contributed by atoms with E-state index in [1.54, 1.807) is 19.1 Å². The van der Waals surface area contributed by atoms with Crippen LogP contribution in [0.1, 0.15) is 33.1 Å². The molecule has 0 atom stereocenters. The number of hydrogen-bond acceptors (Lipinski definition) is 4. The molecule has 1 amide bonds. The molecule has 0 aliphatic heterocycles. The van der Waals surface area contributed by atoms with E-state index < -0.39 is 0 Å². The summed E-state index contributed by atoms with van der Waals surface area (Å²) in [7, 11) is 0. The molecule has 0 aliphatic rings. The van der Waals surface area contributed by atoms with Crippen LogP contribution in [0.2, 0.25) is 0 Å². The first-order valence-electron chi connectivity index (χ1n) is 9.32. The third-order valence-corrected chi connectivity index (χ3v) is 4.88. The molecule has 29 heavy (non-hydrogen) atoms. The van der Waals surface area contributed by atoms with Crippen LogP contribution >= 0.6 is 0 Å². The largest absolute Gasteiger partial charge is 0.451 e. The minimum Gasteiger partial charge on any atom is -0.451 e. The van der Waals surface area contributed by atoms with Gasteiger partial charge in [-0.3, -0.25) is 9.59 Å². The summed E-state index contributed by atoms with van der Waals surface area (Å²) in [4.78, 5) is 31.4. The molecule has 0 radical (unpaired) electrons. The Balaban J connectivity index is 1.60. The Morgan fingerprint density at radius 2 is 1.76 bits per heavy atom. The molecule has 0 spiro atoms. The number of aromatic amines is 1. The number of hydrogen-bond donors (Lipinski definition) is 2. The number of rotatable bonds is 3. The molecule has 2 aromatic carbocycles. The number of carbonyl (C=O) groups excluding carboxylic acids is 1. The van der Waals surface area contributed by atoms with Gasteiger partial charge in [0.15, 0.2) is 5.76 Å². The molecule has 4 aromatic rings. The monoisotopic (exact) mass is 387 g/mol. The number of H-pyrrole nitrogens is 1. The van der Waals surface area contributed by atoms with Crippen LogP contribution in [-0.2, 0) is 0 Å². The van der Waals surface area contributed by atoms with E-state index in [-0.39, 0.29) is 11.5 Å². The molecule has 4 rings (SSSR count). The van der Waals surface area contributed by atoms with Crippen molar-refractivity contribution >= 4 is 22.6 Å². The van der Waals surface area contributed by atoms with Gasteiger partial charge in [-0.15, -0.1) is 0 Å². The molecule has 0 saturated heterocycles. The van der Waals surface area contributed by atoms with Crippen molar-refractivity contribution in [3.8, 4) is 11.3 Å². The summed E-state index contributed by atoms with van der Waals surface area (Å²) in [6, 6.07) is 12.7. The second kappa shape index (κ2) is 7.05. The van der Waals surface area contributed by atoms with Gasteiger partial charge in [-0.25, -0.2) is 4.98 Å². The Morgan fingerprint density at radius 3 is 2.45 bits per heavy atom. The van der Waals surface area contributed by atoms with Crippen molar-refractivity contribution in [3.05, 3.63) is 81.1 Å². The number of nitrogens with one attached hydrogen (secondary N) is 2. The van der Waals surface area contributed by atoms with Crippen molar-refractivity contribution in [2.24, 2.45) is 0 Å². The van der Waals surface area contributed by atoms with Crippen molar-refractivity contribution in [2.75, 3.05) is 5.32 Å². The predicted octanol–water partition coefficient (Wildman–Crippen LogP) is 4.67. The number of nitrogens with zero attached hydrogens (tertiary/aromatic N) is 1. The molecular weight excluding hydrogens is 366 g/mol. The van der Waals surface area contributed by atoms with E-state index in [1.165, 1.54) is 6.07 Å². The lowest BCUT2D eigenvalue weighted by atomic mass is 10.0. The molecule has 6 heteroatoms. The van der Waals surface area contributed by atoms with Crippen molar-refractivity contribution in [1.82, 2.24) is 9.97 Å². The molecule has 0 aliphatic carbocycles. The minimum absolute atomic E-state index is 0.198. The highest BCUT2D eigenvalue weighted by atomic mass is 16.3. The van der Waals surface area contributed by atoms with Gasteiger partial charge in [0.1, 0.15) is 11.4 Å². The van der Waals surface area contributed by atoms with Gasteiger partial charge in [0, 0.05) is 28.3 Å². The highest BCUT2D eigenvalue weighted by Gasteiger charge is 2.19. The smallest absolute Gasteiger partial charge is 0.291 e. The fourth-order valence-electron chi connectivity index (χ4n) is 3.65. The number of amides is 1. The van der Waals surface area contributed by atoms with Crippen LogP contribution in [0.5, 0.6) is 0 Å². The van der Waals surface area contributed by atoms with Crippen LogP contribution in [0.15, 0.2) is 51.7 Å². The zero-order valence-electron chi connectivity index (χ0n) is 16.7. The van der Waals surface area contributed by atoms with Crippen LogP contribution in [0.25, 0.3) is 22.2 Å². The molecule has 6 nitrogen and oxygen atoms in total. The number of carbonyl (C=O) groups is 1. The first-order chi connectivity index (χ1) is 13.8. The number of anilines is 1. The quantitative estimate of drug-likeness (QED) is 0.535. The topological polar surface area (TPSA) is 88.0 Å². The fourth-order valence-corrected chi connectivity index (χ4v) is 3.65. The normalized spacial score (nSPS) is 11.0. The van der Waals surface area contributed by atoms with Crippen molar-refractivity contribution in [2.45, 2.75) is 27.7 Å². The molecule has 2 N–H and O–H groups in total. The highest BCUT2D eigenvalue weighted by Crippen LogP contribution is 2.30. The summed E-state index contributed by atoms with van der Waals surface area (Å²) in [5.74, 6) is 0.564. The average molecular weight is 387 g/mol. The average Bonchev–Trinajstić information content (AvgIpc) is 2.98. The third kappa shape index (κ3) is 3.57. The van der Waals surface area contributed by atoms with Crippen LogP contribution < -0.4 is 10.9 Å². The Hall–Kier alpha value is -3.67. The van der Waals surface area contributed by atoms with Gasteiger partial charge in [-0.2, -0.15) is 0 Å². The van der Waals surface area contributed by atoms with E-state index in [2.05, 4.69) is 21.4 Å². The number of fused-ring (bicyclic) bond motifs is 1. The van der Waals surface area contributed by atoms with E-state index in [0.717, 1.165) is 33.2 Å². The number of furan rings is 1. The first-order valence-corrected chi connectivity index (χ1v) is 9.32. The molecular formula is C23H21N3O3. The maximum absolute atomic E-state index is 12.8. The van der Waals surface area contributed by atoms with Crippen molar-refractivity contribution < 1.29 is 9.21 Å². The van der Waals surface area contributed by atoms with Crippen LogP contribution in [0.4, 0.5) is 5.69 Å². The van der Waals surface area contributed by atoms with E-state index >= 15 is 0 Å². The summed E-state index contributed by atoms with van der Waals surface area (Å²) in [5.41, 5.74) is 5.54. The summed E-state index contributed by atoms with van der Waals surface area (Å²) < 4.78 is 5.85. The minimum atomic E-state index is -0.298. The maximum atomic E-state index is 12.8. The van der Waals surface area contributed by atoms with Crippen LogP contribution in [-0.4, -0.2) is 15.9 Å². The van der Waals surface area contributed by atoms with Gasteiger partial charge in [0.05, 0.1) is 5.69 Å². The molecule has 2 aromatic heterocycles. The molecule has 0 bridgehead atoms. The Kier molecular flexibility index (Phi) is 4.54. The summed E-state index contributed by atoms with van der Waals surface area (Å²) >= 11 is 0. The second-order valence-corrected chi connectivity index (χ2v) is 7.26. The second-order valence-electron chi connectivity index (χ2n) is 7.26. The van der Waals surface area contributed by atoms with E-state index in [4.69, 9.17) is 4.42 Å². The standard InChI is InChI=1S/C23H21N3O3/c1-12-9-13(2)21-14(3)22(29-19(21)10-12)23(28)26-17-7-5-16(6-8-17)18-11-20(27)25-15(4)24-18/h5-11H,1-4H3,(H,26,28)(H,24,25,27). The van der Waals surface area contributed by atoms with Crippen LogP contribution in [0.3, 0.4) is 0 Å². The number of aromatic nitrogens is 2. The SMILES string of the molecule is Cc1cc(C)c2c(C)c(C(=O)Nc3ccc(-c4cc(=O)[nH]c(C)n4)cc3)oc2c1. The zero-order valence-corrected chi connectivity index (χ0v) is 16.7. The number of aryl methyl sites for hydroxylation is 4. The lowest BCUT2D eigenvalue weighted by Crippen LogP contribution is -2.12. The highest BCUT2D eigenvalue weighted by molar-refractivity contribution is 6.07. The summed E-state index contributed by atoms with van der Waals surface area (Å²) in [5, 5.41) is 3.85. The van der Waals surface area contributed by atoms with E-state index in [1.807, 2.05) is 39.0 Å². The molecule has 2 heterocycles. The maximum Gasteiger partial charge on any atom is 0.291 e. The van der Waals surface area contributed by atoms with E-state index in [0.29, 0.717) is 23.0 Å².